The zero-order valence-corrected chi connectivity index (χ0v) is 18.8. The molecule has 0 aliphatic carbocycles. The molecule has 1 aliphatic heterocycles. The van der Waals surface area contributed by atoms with Crippen LogP contribution in [0.15, 0.2) is 77.7 Å². The van der Waals surface area contributed by atoms with Crippen LogP contribution < -0.4 is 15.6 Å². The van der Waals surface area contributed by atoms with Gasteiger partial charge in [-0.25, -0.2) is 4.39 Å². The highest BCUT2D eigenvalue weighted by molar-refractivity contribution is 5.96. The summed E-state index contributed by atoms with van der Waals surface area (Å²) in [5.74, 6) is -1.18. The molecule has 2 aromatic carbocycles. The van der Waals surface area contributed by atoms with Gasteiger partial charge < -0.3 is 20.2 Å². The van der Waals surface area contributed by atoms with Crippen molar-refractivity contribution in [1.29, 1.82) is 0 Å². The zero-order chi connectivity index (χ0) is 24.1. The summed E-state index contributed by atoms with van der Waals surface area (Å²) in [4.78, 5) is 26.1. The van der Waals surface area contributed by atoms with Gasteiger partial charge in [0.1, 0.15) is 13.3 Å². The van der Waals surface area contributed by atoms with Crippen molar-refractivity contribution >= 4 is 5.91 Å². The van der Waals surface area contributed by atoms with E-state index in [2.05, 4.69) is 5.43 Å². The Morgan fingerprint density at radius 2 is 1.91 bits per heavy atom. The number of fused-ring (bicyclic) bond motifs is 1. The van der Waals surface area contributed by atoms with Crippen LogP contribution in [0.4, 0.5) is 4.39 Å². The predicted molar refractivity (Wildman–Crippen MR) is 127 cm³/mol. The lowest BCUT2D eigenvalue weighted by Gasteiger charge is -2.34. The fourth-order valence-electron chi connectivity index (χ4n) is 3.87. The molecule has 8 heteroatoms. The summed E-state index contributed by atoms with van der Waals surface area (Å²) < 4.78 is 21.5. The number of aromatic hydroxyl groups is 1. The number of benzene rings is 2. The molecule has 0 saturated carbocycles. The van der Waals surface area contributed by atoms with E-state index < -0.39 is 22.9 Å². The average molecular weight is 464 g/mol. The molecule has 2 heterocycles. The normalized spacial score (nSPS) is 14.1. The molecule has 176 valence electrons. The van der Waals surface area contributed by atoms with Gasteiger partial charge in [0, 0.05) is 30.3 Å². The van der Waals surface area contributed by atoms with Gasteiger partial charge in [0.05, 0.1) is 0 Å². The minimum Gasteiger partial charge on any atom is -0.502 e. The van der Waals surface area contributed by atoms with E-state index in [4.69, 9.17) is 4.74 Å². The number of nitrogens with one attached hydrogen (secondary N) is 1. The zero-order valence-electron chi connectivity index (χ0n) is 18.8. The summed E-state index contributed by atoms with van der Waals surface area (Å²) in [6.45, 7) is 2.28. The Bertz CT molecular complexity index is 1260. The van der Waals surface area contributed by atoms with E-state index in [0.29, 0.717) is 12.8 Å². The predicted octanol–water partition coefficient (Wildman–Crippen LogP) is 3.65. The quantitative estimate of drug-likeness (QED) is 0.498. The lowest BCUT2D eigenvalue weighted by molar-refractivity contribution is 0.0658. The van der Waals surface area contributed by atoms with Crippen LogP contribution in [0, 0.1) is 5.82 Å². The molecule has 34 heavy (non-hydrogen) atoms. The van der Waals surface area contributed by atoms with Crippen LogP contribution in [-0.4, -0.2) is 39.9 Å². The molecule has 1 aromatic heterocycles. The van der Waals surface area contributed by atoms with E-state index in [1.54, 1.807) is 12.1 Å². The summed E-state index contributed by atoms with van der Waals surface area (Å²) in [6.07, 6.45) is 6.15. The second-order valence-corrected chi connectivity index (χ2v) is 8.10. The number of carbonyl (C=O) groups excluding carboxylic acids is 1. The minimum atomic E-state index is -0.604. The van der Waals surface area contributed by atoms with Crippen LogP contribution in [0.3, 0.4) is 0 Å². The summed E-state index contributed by atoms with van der Waals surface area (Å²) in [7, 11) is 0. The molecule has 0 unspecified atom stereocenters. The maximum atomic E-state index is 14.4. The second kappa shape index (κ2) is 10.2. The van der Waals surface area contributed by atoms with E-state index in [0.717, 1.165) is 11.1 Å². The standard InChI is InChI=1S/C26H26FN3O4/c1-18(29-17-28-30-14-13-22(31)24(32)23(30)26(29)33)8-5-6-15-34-25-20(11-7-12-21(25)27)16-19-9-3-2-4-10-19/h2-7,9-14,18,28,32H,8,15-17H2,1H3/b6-5+/t18-/m0/s1. The van der Waals surface area contributed by atoms with Crippen molar-refractivity contribution in [2.45, 2.75) is 25.8 Å². The third kappa shape index (κ3) is 4.96. The van der Waals surface area contributed by atoms with Crippen molar-refractivity contribution < 1.29 is 19.0 Å². The van der Waals surface area contributed by atoms with Gasteiger partial charge in [-0.2, -0.15) is 0 Å². The first-order chi connectivity index (χ1) is 16.5. The van der Waals surface area contributed by atoms with Gasteiger partial charge in [-0.1, -0.05) is 54.6 Å². The van der Waals surface area contributed by atoms with Gasteiger partial charge in [-0.3, -0.25) is 14.3 Å². The Morgan fingerprint density at radius 1 is 1.12 bits per heavy atom. The van der Waals surface area contributed by atoms with Crippen molar-refractivity contribution in [3.63, 3.8) is 0 Å². The van der Waals surface area contributed by atoms with Gasteiger partial charge in [0.25, 0.3) is 5.91 Å². The fraction of sp³-hybridized carbons (Fsp3) is 0.231. The molecule has 0 bridgehead atoms. The van der Waals surface area contributed by atoms with Crippen molar-refractivity contribution in [2.24, 2.45) is 0 Å². The Labute approximate surface area is 196 Å². The monoisotopic (exact) mass is 463 g/mol. The first-order valence-corrected chi connectivity index (χ1v) is 11.0. The molecular formula is C26H26FN3O4. The maximum Gasteiger partial charge on any atom is 0.278 e. The van der Waals surface area contributed by atoms with E-state index in [1.807, 2.05) is 49.4 Å². The van der Waals surface area contributed by atoms with E-state index >= 15 is 0 Å². The summed E-state index contributed by atoms with van der Waals surface area (Å²) >= 11 is 0. The Balaban J connectivity index is 1.35. The highest BCUT2D eigenvalue weighted by Crippen LogP contribution is 2.25. The molecule has 1 aliphatic rings. The minimum absolute atomic E-state index is 0.0802. The van der Waals surface area contributed by atoms with Crippen LogP contribution in [0.25, 0.3) is 0 Å². The smallest absolute Gasteiger partial charge is 0.278 e. The van der Waals surface area contributed by atoms with Crippen LogP contribution >= 0.6 is 0 Å². The Hall–Kier alpha value is -4.07. The Kier molecular flexibility index (Phi) is 6.96. The van der Waals surface area contributed by atoms with Gasteiger partial charge in [0.2, 0.25) is 5.43 Å². The number of hydrogen-bond donors (Lipinski definition) is 2. The molecular weight excluding hydrogens is 437 g/mol. The van der Waals surface area contributed by atoms with Crippen LogP contribution in [0.1, 0.15) is 35.0 Å². The number of hydrogen-bond acceptors (Lipinski definition) is 5. The van der Waals surface area contributed by atoms with Gasteiger partial charge in [-0.15, -0.1) is 0 Å². The van der Waals surface area contributed by atoms with Crippen molar-refractivity contribution in [3.8, 4) is 11.5 Å². The molecule has 4 rings (SSSR count). The number of aromatic nitrogens is 1. The van der Waals surface area contributed by atoms with Gasteiger partial charge in [0.15, 0.2) is 23.0 Å². The number of carbonyl (C=O) groups is 1. The van der Waals surface area contributed by atoms with Crippen molar-refractivity contribution in [3.05, 3.63) is 106 Å². The highest BCUT2D eigenvalue weighted by atomic mass is 19.1. The number of ether oxygens (including phenoxy) is 1. The molecule has 0 saturated heterocycles. The van der Waals surface area contributed by atoms with Crippen LogP contribution in [0.2, 0.25) is 0 Å². The third-order valence-corrected chi connectivity index (χ3v) is 5.73. The summed E-state index contributed by atoms with van der Waals surface area (Å²) in [6, 6.07) is 15.7. The Morgan fingerprint density at radius 3 is 2.71 bits per heavy atom. The molecule has 0 fully saturated rings. The summed E-state index contributed by atoms with van der Waals surface area (Å²) in [5.41, 5.74) is 4.13. The van der Waals surface area contributed by atoms with Crippen LogP contribution in [0.5, 0.6) is 11.5 Å². The molecule has 1 amide bonds. The molecule has 7 nitrogen and oxygen atoms in total. The van der Waals surface area contributed by atoms with E-state index in [1.165, 1.54) is 27.9 Å². The third-order valence-electron chi connectivity index (χ3n) is 5.73. The second-order valence-electron chi connectivity index (χ2n) is 8.10. The molecule has 3 aromatic rings. The first kappa shape index (κ1) is 23.1. The summed E-state index contributed by atoms with van der Waals surface area (Å²) in [5, 5.41) is 10.0. The highest BCUT2D eigenvalue weighted by Gasteiger charge is 2.30. The number of para-hydroxylation sites is 1. The largest absolute Gasteiger partial charge is 0.502 e. The fourth-order valence-corrected chi connectivity index (χ4v) is 3.87. The number of rotatable bonds is 8. The van der Waals surface area contributed by atoms with Crippen molar-refractivity contribution in [2.75, 3.05) is 18.7 Å². The lowest BCUT2D eigenvalue weighted by atomic mass is 10.0. The molecule has 1 atom stereocenters. The lowest BCUT2D eigenvalue weighted by Crippen LogP contribution is -2.50. The van der Waals surface area contributed by atoms with Gasteiger partial charge in [-0.05, 0) is 25.0 Å². The number of nitrogens with zero attached hydrogens (tertiary/aromatic N) is 2. The number of halogens is 1. The first-order valence-electron chi connectivity index (χ1n) is 11.0. The molecule has 0 spiro atoms. The van der Waals surface area contributed by atoms with Crippen LogP contribution in [-0.2, 0) is 6.42 Å². The topological polar surface area (TPSA) is 83.8 Å². The molecule has 2 N–H and O–H groups in total. The molecule has 0 radical (unpaired) electrons. The van der Waals surface area contributed by atoms with E-state index in [9.17, 15) is 19.1 Å². The number of pyridine rings is 1. The average Bonchev–Trinajstić information content (AvgIpc) is 2.83. The SMILES string of the molecule is C[C@@H](C/C=C/COc1c(F)cccc1Cc1ccccc1)N1CNn2ccc(=O)c(O)c2C1=O. The van der Waals surface area contributed by atoms with Gasteiger partial charge >= 0.3 is 0 Å². The maximum absolute atomic E-state index is 14.4. The van der Waals surface area contributed by atoms with Crippen molar-refractivity contribution in [1.82, 2.24) is 9.58 Å². The number of amides is 1. The van der Waals surface area contributed by atoms with E-state index in [-0.39, 0.29) is 30.8 Å².